The Labute approximate surface area is 71.8 Å². The van der Waals surface area contributed by atoms with E-state index in [-0.39, 0.29) is 5.75 Å². The lowest BCUT2D eigenvalue weighted by molar-refractivity contribution is 0.475. The molecule has 0 spiro atoms. The first-order valence-electron chi connectivity index (χ1n) is 3.66. The molecule has 1 aromatic rings. The molecular formula is C9H12N2O. The van der Waals surface area contributed by atoms with Crippen molar-refractivity contribution in [2.24, 2.45) is 0 Å². The minimum Gasteiger partial charge on any atom is -0.508 e. The van der Waals surface area contributed by atoms with Crippen molar-refractivity contribution in [3.05, 3.63) is 29.8 Å². The fourth-order valence-electron chi connectivity index (χ4n) is 0.877. The third-order valence-electron chi connectivity index (χ3n) is 1.59. The summed E-state index contributed by atoms with van der Waals surface area (Å²) >= 11 is 0. The Morgan fingerprint density at radius 1 is 1.25 bits per heavy atom. The standard InChI is InChI=1S/C9H12N2O/c1-11(2)9(10)7-3-5-8(12)6-4-7/h3-6,10,12H,1-2H3. The van der Waals surface area contributed by atoms with Gasteiger partial charge in [-0.2, -0.15) is 0 Å². The van der Waals surface area contributed by atoms with Gasteiger partial charge in [0.1, 0.15) is 11.6 Å². The van der Waals surface area contributed by atoms with E-state index in [4.69, 9.17) is 10.5 Å². The molecule has 1 rings (SSSR count). The maximum atomic E-state index is 8.99. The van der Waals surface area contributed by atoms with Crippen LogP contribution in [-0.2, 0) is 0 Å². The summed E-state index contributed by atoms with van der Waals surface area (Å²) in [6, 6.07) is 6.59. The molecule has 0 aliphatic rings. The highest BCUT2D eigenvalue weighted by atomic mass is 16.3. The van der Waals surface area contributed by atoms with Crippen LogP contribution in [0.5, 0.6) is 5.75 Å². The predicted octanol–water partition coefficient (Wildman–Crippen LogP) is 1.28. The van der Waals surface area contributed by atoms with Crippen LogP contribution in [0.15, 0.2) is 24.3 Å². The minimum atomic E-state index is 0.227. The summed E-state index contributed by atoms with van der Waals surface area (Å²) in [4.78, 5) is 1.71. The van der Waals surface area contributed by atoms with Gasteiger partial charge in [0.25, 0.3) is 0 Å². The third-order valence-corrected chi connectivity index (χ3v) is 1.59. The third kappa shape index (κ3) is 1.75. The predicted molar refractivity (Wildman–Crippen MR) is 48.6 cm³/mol. The van der Waals surface area contributed by atoms with E-state index in [2.05, 4.69) is 0 Å². The van der Waals surface area contributed by atoms with Crippen molar-refractivity contribution in [1.82, 2.24) is 4.90 Å². The lowest BCUT2D eigenvalue weighted by atomic mass is 10.2. The Balaban J connectivity index is 2.90. The first-order chi connectivity index (χ1) is 5.61. The van der Waals surface area contributed by atoms with Gasteiger partial charge in [0.15, 0.2) is 0 Å². The highest BCUT2D eigenvalue weighted by molar-refractivity contribution is 5.96. The van der Waals surface area contributed by atoms with Gasteiger partial charge in [0, 0.05) is 19.7 Å². The summed E-state index contributed by atoms with van der Waals surface area (Å²) in [5.41, 5.74) is 0.804. The second-order valence-corrected chi connectivity index (χ2v) is 2.79. The van der Waals surface area contributed by atoms with Crippen LogP contribution in [0.3, 0.4) is 0 Å². The van der Waals surface area contributed by atoms with E-state index in [9.17, 15) is 0 Å². The van der Waals surface area contributed by atoms with Gasteiger partial charge in [-0.1, -0.05) is 0 Å². The maximum absolute atomic E-state index is 8.99. The summed E-state index contributed by atoms with van der Waals surface area (Å²) < 4.78 is 0. The van der Waals surface area contributed by atoms with Crippen molar-refractivity contribution >= 4 is 5.84 Å². The average molecular weight is 164 g/mol. The molecule has 0 saturated carbocycles. The molecule has 12 heavy (non-hydrogen) atoms. The van der Waals surface area contributed by atoms with Gasteiger partial charge in [-0.05, 0) is 24.3 Å². The number of aromatic hydroxyl groups is 1. The number of amidine groups is 1. The van der Waals surface area contributed by atoms with Crippen molar-refractivity contribution in [1.29, 1.82) is 5.41 Å². The van der Waals surface area contributed by atoms with Crippen molar-refractivity contribution in [3.8, 4) is 5.75 Å². The largest absolute Gasteiger partial charge is 0.508 e. The van der Waals surface area contributed by atoms with E-state index in [1.54, 1.807) is 29.2 Å². The van der Waals surface area contributed by atoms with Crippen molar-refractivity contribution in [3.63, 3.8) is 0 Å². The molecule has 0 amide bonds. The number of hydrogen-bond acceptors (Lipinski definition) is 2. The average Bonchev–Trinajstić information content (AvgIpc) is 2.04. The molecule has 0 aliphatic carbocycles. The zero-order valence-electron chi connectivity index (χ0n) is 7.20. The molecule has 0 aliphatic heterocycles. The zero-order chi connectivity index (χ0) is 9.14. The van der Waals surface area contributed by atoms with Crippen LogP contribution in [0.25, 0.3) is 0 Å². The summed E-state index contributed by atoms with van der Waals surface area (Å²) in [6.07, 6.45) is 0. The first-order valence-corrected chi connectivity index (χ1v) is 3.66. The highest BCUT2D eigenvalue weighted by Crippen LogP contribution is 2.10. The second-order valence-electron chi connectivity index (χ2n) is 2.79. The van der Waals surface area contributed by atoms with Crippen molar-refractivity contribution in [2.45, 2.75) is 0 Å². The topological polar surface area (TPSA) is 47.3 Å². The molecule has 0 radical (unpaired) electrons. The van der Waals surface area contributed by atoms with Crippen LogP contribution in [0.2, 0.25) is 0 Å². The first kappa shape index (κ1) is 8.59. The van der Waals surface area contributed by atoms with Gasteiger partial charge >= 0.3 is 0 Å². The van der Waals surface area contributed by atoms with E-state index >= 15 is 0 Å². The van der Waals surface area contributed by atoms with Crippen LogP contribution >= 0.6 is 0 Å². The number of nitrogens with one attached hydrogen (secondary N) is 1. The smallest absolute Gasteiger partial charge is 0.127 e. The van der Waals surface area contributed by atoms with Gasteiger partial charge < -0.3 is 10.0 Å². The van der Waals surface area contributed by atoms with E-state index in [1.165, 1.54) is 0 Å². The molecule has 0 saturated heterocycles. The summed E-state index contributed by atoms with van der Waals surface area (Å²) in [6.45, 7) is 0. The number of nitrogens with zero attached hydrogens (tertiary/aromatic N) is 1. The molecule has 0 atom stereocenters. The number of phenolic OH excluding ortho intramolecular Hbond substituents is 1. The molecule has 3 nitrogen and oxygen atoms in total. The number of hydrogen-bond donors (Lipinski definition) is 2. The molecule has 0 fully saturated rings. The SMILES string of the molecule is CN(C)C(=N)c1ccc(O)cc1. The monoisotopic (exact) mass is 164 g/mol. The van der Waals surface area contributed by atoms with E-state index < -0.39 is 0 Å². The number of rotatable bonds is 1. The van der Waals surface area contributed by atoms with Crippen LogP contribution in [0.4, 0.5) is 0 Å². The Hall–Kier alpha value is -1.51. The molecule has 0 unspecified atom stereocenters. The maximum Gasteiger partial charge on any atom is 0.127 e. The molecule has 3 heteroatoms. The van der Waals surface area contributed by atoms with Crippen molar-refractivity contribution in [2.75, 3.05) is 14.1 Å². The molecule has 64 valence electrons. The minimum absolute atomic E-state index is 0.227. The van der Waals surface area contributed by atoms with E-state index in [1.807, 2.05) is 14.1 Å². The molecule has 0 bridgehead atoms. The Kier molecular flexibility index (Phi) is 2.33. The van der Waals surface area contributed by atoms with Crippen LogP contribution in [0.1, 0.15) is 5.56 Å². The fourth-order valence-corrected chi connectivity index (χ4v) is 0.877. The Morgan fingerprint density at radius 3 is 2.17 bits per heavy atom. The summed E-state index contributed by atoms with van der Waals surface area (Å²) in [5, 5.41) is 16.6. The molecule has 2 N–H and O–H groups in total. The van der Waals surface area contributed by atoms with Crippen molar-refractivity contribution < 1.29 is 5.11 Å². The number of benzene rings is 1. The van der Waals surface area contributed by atoms with Crippen LogP contribution in [0, 0.1) is 5.41 Å². The van der Waals surface area contributed by atoms with Crippen LogP contribution in [-0.4, -0.2) is 29.9 Å². The normalized spacial score (nSPS) is 9.50. The Bertz CT molecular complexity index is 277. The van der Waals surface area contributed by atoms with Gasteiger partial charge in [0.2, 0.25) is 0 Å². The quantitative estimate of drug-likeness (QED) is 0.485. The second kappa shape index (κ2) is 3.26. The van der Waals surface area contributed by atoms with Crippen LogP contribution < -0.4 is 0 Å². The van der Waals surface area contributed by atoms with Gasteiger partial charge in [-0.15, -0.1) is 0 Å². The van der Waals surface area contributed by atoms with Gasteiger partial charge in [0.05, 0.1) is 0 Å². The Morgan fingerprint density at radius 2 is 1.75 bits per heavy atom. The molecule has 0 heterocycles. The lowest BCUT2D eigenvalue weighted by Gasteiger charge is -2.13. The highest BCUT2D eigenvalue weighted by Gasteiger charge is 2.01. The van der Waals surface area contributed by atoms with E-state index in [0.29, 0.717) is 5.84 Å². The molecule has 0 aromatic heterocycles. The zero-order valence-corrected chi connectivity index (χ0v) is 7.20. The van der Waals surface area contributed by atoms with Gasteiger partial charge in [-0.25, -0.2) is 0 Å². The molecular weight excluding hydrogens is 152 g/mol. The lowest BCUT2D eigenvalue weighted by Crippen LogP contribution is -2.21. The van der Waals surface area contributed by atoms with E-state index in [0.717, 1.165) is 5.56 Å². The molecule has 1 aromatic carbocycles. The van der Waals surface area contributed by atoms with Gasteiger partial charge in [-0.3, -0.25) is 5.41 Å². The fraction of sp³-hybridized carbons (Fsp3) is 0.222. The summed E-state index contributed by atoms with van der Waals surface area (Å²) in [7, 11) is 3.63. The summed E-state index contributed by atoms with van der Waals surface area (Å²) in [5.74, 6) is 0.667. The number of phenols is 1.